The van der Waals surface area contributed by atoms with Crippen LogP contribution < -0.4 is 15.0 Å². The van der Waals surface area contributed by atoms with E-state index in [-0.39, 0.29) is 0 Å². The quantitative estimate of drug-likeness (QED) is 0.897. The summed E-state index contributed by atoms with van der Waals surface area (Å²) in [6.45, 7) is 6.95. The van der Waals surface area contributed by atoms with Gasteiger partial charge in [-0.1, -0.05) is 12.1 Å². The van der Waals surface area contributed by atoms with E-state index in [0.29, 0.717) is 0 Å². The largest absolute Gasteiger partial charge is 0.495 e. The summed E-state index contributed by atoms with van der Waals surface area (Å²) in [6, 6.07) is 9.10. The van der Waals surface area contributed by atoms with Crippen molar-refractivity contribution in [1.29, 1.82) is 0 Å². The van der Waals surface area contributed by atoms with Crippen LogP contribution >= 0.6 is 0 Å². The Morgan fingerprint density at radius 1 is 1.19 bits per heavy atom. The minimum absolute atomic E-state index is 0.761. The van der Waals surface area contributed by atoms with Crippen molar-refractivity contribution in [2.75, 3.05) is 51.3 Å². The highest BCUT2D eigenvalue weighted by Gasteiger charge is 2.21. The summed E-state index contributed by atoms with van der Waals surface area (Å²) >= 11 is 0. The van der Waals surface area contributed by atoms with Gasteiger partial charge in [0.1, 0.15) is 5.75 Å². The first kappa shape index (κ1) is 14.7. The lowest BCUT2D eigenvalue weighted by Gasteiger charge is -2.37. The summed E-state index contributed by atoms with van der Waals surface area (Å²) in [5.41, 5.74) is 1.23. The standard InChI is InChI=1S/C17H27N3O/c1-21-17-7-3-2-6-16(17)20-13-11-19(12-14-20)10-8-15-5-4-9-18-15/h2-3,6-7,15,18H,4-5,8-14H2,1H3. The van der Waals surface area contributed by atoms with Crippen LogP contribution in [0.25, 0.3) is 0 Å². The molecule has 3 rings (SSSR count). The van der Waals surface area contributed by atoms with Gasteiger partial charge >= 0.3 is 0 Å². The molecule has 1 unspecified atom stereocenters. The molecule has 0 bridgehead atoms. The molecule has 116 valence electrons. The number of nitrogens with one attached hydrogen (secondary N) is 1. The second kappa shape index (κ2) is 7.14. The van der Waals surface area contributed by atoms with Crippen molar-refractivity contribution >= 4 is 5.69 Å². The Morgan fingerprint density at radius 3 is 2.71 bits per heavy atom. The molecule has 0 radical (unpaired) electrons. The van der Waals surface area contributed by atoms with Crippen molar-refractivity contribution in [2.45, 2.75) is 25.3 Å². The van der Waals surface area contributed by atoms with Crippen LogP contribution in [0.15, 0.2) is 24.3 Å². The third-order valence-electron chi connectivity index (χ3n) is 4.75. The Labute approximate surface area is 128 Å². The Hall–Kier alpha value is -1.26. The summed E-state index contributed by atoms with van der Waals surface area (Å²) in [6.07, 6.45) is 4.02. The normalized spacial score (nSPS) is 23.5. The molecule has 2 saturated heterocycles. The average Bonchev–Trinajstić information content (AvgIpc) is 3.07. The van der Waals surface area contributed by atoms with Crippen molar-refractivity contribution < 1.29 is 4.74 Å². The molecule has 0 amide bonds. The fraction of sp³-hybridized carbons (Fsp3) is 0.647. The van der Waals surface area contributed by atoms with Gasteiger partial charge < -0.3 is 15.0 Å². The van der Waals surface area contributed by atoms with Crippen molar-refractivity contribution in [3.05, 3.63) is 24.3 Å². The van der Waals surface area contributed by atoms with E-state index in [2.05, 4.69) is 27.2 Å². The van der Waals surface area contributed by atoms with E-state index < -0.39 is 0 Å². The third kappa shape index (κ3) is 3.69. The number of hydrogen-bond donors (Lipinski definition) is 1. The number of ether oxygens (including phenoxy) is 1. The second-order valence-corrected chi connectivity index (χ2v) is 6.08. The maximum atomic E-state index is 5.48. The molecule has 1 N–H and O–H groups in total. The molecule has 1 aromatic rings. The first-order chi connectivity index (χ1) is 10.4. The number of piperazine rings is 1. The molecular weight excluding hydrogens is 262 g/mol. The maximum Gasteiger partial charge on any atom is 0.142 e. The van der Waals surface area contributed by atoms with Crippen LogP contribution in [0.3, 0.4) is 0 Å². The van der Waals surface area contributed by atoms with Gasteiger partial charge in [0, 0.05) is 32.2 Å². The molecule has 0 spiro atoms. The third-order valence-corrected chi connectivity index (χ3v) is 4.75. The number of para-hydroxylation sites is 2. The van der Waals surface area contributed by atoms with Gasteiger partial charge in [0.15, 0.2) is 0 Å². The molecule has 1 aromatic carbocycles. The van der Waals surface area contributed by atoms with Gasteiger partial charge in [0.05, 0.1) is 12.8 Å². The Bertz CT molecular complexity index is 437. The smallest absolute Gasteiger partial charge is 0.142 e. The molecule has 1 atom stereocenters. The van der Waals surface area contributed by atoms with E-state index in [4.69, 9.17) is 4.74 Å². The van der Waals surface area contributed by atoms with E-state index in [1.807, 2.05) is 12.1 Å². The molecule has 4 heteroatoms. The zero-order valence-corrected chi connectivity index (χ0v) is 13.1. The van der Waals surface area contributed by atoms with E-state index in [1.165, 1.54) is 38.0 Å². The molecule has 2 aliphatic heterocycles. The van der Waals surface area contributed by atoms with Gasteiger partial charge in [0.2, 0.25) is 0 Å². The monoisotopic (exact) mass is 289 g/mol. The molecule has 4 nitrogen and oxygen atoms in total. The second-order valence-electron chi connectivity index (χ2n) is 6.08. The Morgan fingerprint density at radius 2 is 2.00 bits per heavy atom. The van der Waals surface area contributed by atoms with E-state index in [9.17, 15) is 0 Å². The number of methoxy groups -OCH3 is 1. The molecular formula is C17H27N3O. The van der Waals surface area contributed by atoms with Crippen LogP contribution in [-0.4, -0.2) is 57.3 Å². The number of benzene rings is 1. The lowest BCUT2D eigenvalue weighted by Crippen LogP contribution is -2.47. The summed E-state index contributed by atoms with van der Waals surface area (Å²) in [5.74, 6) is 0.987. The molecule has 2 aliphatic rings. The first-order valence-corrected chi connectivity index (χ1v) is 8.20. The van der Waals surface area contributed by atoms with Gasteiger partial charge in [-0.3, -0.25) is 4.90 Å². The number of hydrogen-bond acceptors (Lipinski definition) is 4. The van der Waals surface area contributed by atoms with Crippen LogP contribution in [0.2, 0.25) is 0 Å². The summed E-state index contributed by atoms with van der Waals surface area (Å²) in [4.78, 5) is 5.05. The zero-order chi connectivity index (χ0) is 14.5. The molecule has 21 heavy (non-hydrogen) atoms. The molecule has 0 aromatic heterocycles. The van der Waals surface area contributed by atoms with Crippen molar-refractivity contribution in [1.82, 2.24) is 10.2 Å². The van der Waals surface area contributed by atoms with Crippen LogP contribution in [0.1, 0.15) is 19.3 Å². The minimum atomic E-state index is 0.761. The van der Waals surface area contributed by atoms with Crippen molar-refractivity contribution in [2.24, 2.45) is 0 Å². The summed E-state index contributed by atoms with van der Waals surface area (Å²) in [7, 11) is 1.75. The fourth-order valence-corrected chi connectivity index (χ4v) is 3.44. The Kier molecular flexibility index (Phi) is 4.99. The lowest BCUT2D eigenvalue weighted by molar-refractivity contribution is 0.245. The number of anilines is 1. The molecule has 0 aliphatic carbocycles. The highest BCUT2D eigenvalue weighted by Crippen LogP contribution is 2.28. The molecule has 2 fully saturated rings. The van der Waals surface area contributed by atoms with Gasteiger partial charge in [-0.05, 0) is 44.5 Å². The van der Waals surface area contributed by atoms with Gasteiger partial charge in [0.25, 0.3) is 0 Å². The zero-order valence-electron chi connectivity index (χ0n) is 13.1. The summed E-state index contributed by atoms with van der Waals surface area (Å²) in [5, 5.41) is 3.59. The first-order valence-electron chi connectivity index (χ1n) is 8.20. The van der Waals surface area contributed by atoms with Crippen LogP contribution in [0, 0.1) is 0 Å². The number of nitrogens with zero attached hydrogens (tertiary/aromatic N) is 2. The van der Waals surface area contributed by atoms with Crippen LogP contribution in [-0.2, 0) is 0 Å². The minimum Gasteiger partial charge on any atom is -0.495 e. The molecule has 0 saturated carbocycles. The average molecular weight is 289 g/mol. The Balaban J connectivity index is 1.48. The predicted molar refractivity (Wildman–Crippen MR) is 87.3 cm³/mol. The fourth-order valence-electron chi connectivity index (χ4n) is 3.44. The van der Waals surface area contributed by atoms with Crippen molar-refractivity contribution in [3.63, 3.8) is 0 Å². The summed E-state index contributed by atoms with van der Waals surface area (Å²) < 4.78 is 5.48. The van der Waals surface area contributed by atoms with Crippen LogP contribution in [0.4, 0.5) is 5.69 Å². The highest BCUT2D eigenvalue weighted by molar-refractivity contribution is 5.58. The predicted octanol–water partition coefficient (Wildman–Crippen LogP) is 1.96. The lowest BCUT2D eigenvalue weighted by atomic mass is 10.1. The van der Waals surface area contributed by atoms with Gasteiger partial charge in [-0.25, -0.2) is 0 Å². The van der Waals surface area contributed by atoms with E-state index >= 15 is 0 Å². The van der Waals surface area contributed by atoms with Crippen molar-refractivity contribution in [3.8, 4) is 5.75 Å². The van der Waals surface area contributed by atoms with Gasteiger partial charge in [-0.15, -0.1) is 0 Å². The number of rotatable bonds is 5. The highest BCUT2D eigenvalue weighted by atomic mass is 16.5. The topological polar surface area (TPSA) is 27.7 Å². The SMILES string of the molecule is COc1ccccc1N1CCN(CCC2CCCN2)CC1. The van der Waals surface area contributed by atoms with E-state index in [0.717, 1.165) is 38.0 Å². The van der Waals surface area contributed by atoms with Gasteiger partial charge in [-0.2, -0.15) is 0 Å². The molecule has 2 heterocycles. The van der Waals surface area contributed by atoms with Crippen LogP contribution in [0.5, 0.6) is 5.75 Å². The van der Waals surface area contributed by atoms with E-state index in [1.54, 1.807) is 7.11 Å². The maximum absolute atomic E-state index is 5.48.